The molecule has 0 spiro atoms. The van der Waals surface area contributed by atoms with Crippen LogP contribution in [0.1, 0.15) is 35.9 Å². The third-order valence-electron chi connectivity index (χ3n) is 3.84. The van der Waals surface area contributed by atoms with Crippen molar-refractivity contribution in [3.05, 3.63) is 21.9 Å². The van der Waals surface area contributed by atoms with E-state index in [2.05, 4.69) is 24.4 Å². The molecule has 3 unspecified atom stereocenters. The average Bonchev–Trinajstić information content (AvgIpc) is 2.98. The zero-order valence-corrected chi connectivity index (χ0v) is 12.7. The van der Waals surface area contributed by atoms with Crippen LogP contribution in [0.25, 0.3) is 0 Å². The number of hydrogen-bond donors (Lipinski definition) is 2. The second-order valence-electron chi connectivity index (χ2n) is 5.67. The summed E-state index contributed by atoms with van der Waals surface area (Å²) < 4.78 is 0. The SMILES string of the molecule is Cc1ccc(CC(C)NC(=O)C2CCC(C(=O)O)C2)s1. The van der Waals surface area contributed by atoms with Gasteiger partial charge in [0.1, 0.15) is 0 Å². The van der Waals surface area contributed by atoms with Crippen LogP contribution in [0.5, 0.6) is 0 Å². The highest BCUT2D eigenvalue weighted by atomic mass is 32.1. The number of rotatable bonds is 5. The molecule has 1 heterocycles. The van der Waals surface area contributed by atoms with Crippen molar-refractivity contribution in [2.75, 3.05) is 0 Å². The standard InChI is InChI=1S/C15H21NO3S/c1-9(7-13-6-3-10(2)20-13)16-14(17)11-4-5-12(8-11)15(18)19/h3,6,9,11-12H,4-5,7-8H2,1-2H3,(H,16,17)(H,18,19). The highest BCUT2D eigenvalue weighted by Gasteiger charge is 2.34. The summed E-state index contributed by atoms with van der Waals surface area (Å²) in [7, 11) is 0. The minimum Gasteiger partial charge on any atom is -0.481 e. The first-order chi connectivity index (χ1) is 9.45. The van der Waals surface area contributed by atoms with Gasteiger partial charge in [-0.05, 0) is 45.2 Å². The molecule has 3 atom stereocenters. The highest BCUT2D eigenvalue weighted by Crippen LogP contribution is 2.31. The Bertz CT molecular complexity index is 497. The van der Waals surface area contributed by atoms with Crippen molar-refractivity contribution >= 4 is 23.2 Å². The molecule has 20 heavy (non-hydrogen) atoms. The molecular formula is C15H21NO3S. The van der Waals surface area contributed by atoms with Crippen LogP contribution in [-0.4, -0.2) is 23.0 Å². The first kappa shape index (κ1) is 15.0. The van der Waals surface area contributed by atoms with Crippen molar-refractivity contribution in [3.8, 4) is 0 Å². The van der Waals surface area contributed by atoms with Gasteiger partial charge in [0.05, 0.1) is 5.92 Å². The van der Waals surface area contributed by atoms with Crippen molar-refractivity contribution < 1.29 is 14.7 Å². The minimum atomic E-state index is -0.776. The smallest absolute Gasteiger partial charge is 0.306 e. The van der Waals surface area contributed by atoms with Crippen LogP contribution in [0.15, 0.2) is 12.1 Å². The number of carbonyl (C=O) groups excluding carboxylic acids is 1. The molecule has 0 bridgehead atoms. The third-order valence-corrected chi connectivity index (χ3v) is 4.87. The number of nitrogens with one attached hydrogen (secondary N) is 1. The van der Waals surface area contributed by atoms with E-state index in [0.717, 1.165) is 6.42 Å². The van der Waals surface area contributed by atoms with Gasteiger partial charge in [-0.25, -0.2) is 0 Å². The molecule has 110 valence electrons. The molecule has 0 radical (unpaired) electrons. The molecule has 1 saturated carbocycles. The zero-order valence-electron chi connectivity index (χ0n) is 11.9. The first-order valence-electron chi connectivity index (χ1n) is 7.04. The normalized spacial score (nSPS) is 23.5. The number of aliphatic carboxylic acids is 1. The first-order valence-corrected chi connectivity index (χ1v) is 7.86. The summed E-state index contributed by atoms with van der Waals surface area (Å²) in [5, 5.41) is 12.0. The van der Waals surface area contributed by atoms with Crippen molar-refractivity contribution in [2.24, 2.45) is 11.8 Å². The van der Waals surface area contributed by atoms with E-state index in [9.17, 15) is 9.59 Å². The predicted octanol–water partition coefficient (Wildman–Crippen LogP) is 2.60. The highest BCUT2D eigenvalue weighted by molar-refractivity contribution is 7.11. The summed E-state index contributed by atoms with van der Waals surface area (Å²) in [5.74, 6) is -1.25. The van der Waals surface area contributed by atoms with E-state index in [1.165, 1.54) is 9.75 Å². The van der Waals surface area contributed by atoms with Gasteiger partial charge >= 0.3 is 5.97 Å². The molecule has 1 fully saturated rings. The minimum absolute atomic E-state index is 0.00882. The van der Waals surface area contributed by atoms with Gasteiger partial charge in [0, 0.05) is 28.1 Å². The number of aryl methyl sites for hydroxylation is 1. The average molecular weight is 295 g/mol. The molecule has 5 heteroatoms. The Kier molecular flexibility index (Phi) is 4.81. The fourth-order valence-electron chi connectivity index (χ4n) is 2.75. The fraction of sp³-hybridized carbons (Fsp3) is 0.600. The van der Waals surface area contributed by atoms with Crippen LogP contribution in [0, 0.1) is 18.8 Å². The summed E-state index contributed by atoms with van der Waals surface area (Å²) in [6, 6.07) is 4.27. The van der Waals surface area contributed by atoms with Crippen molar-refractivity contribution in [2.45, 2.75) is 45.6 Å². The maximum Gasteiger partial charge on any atom is 0.306 e. The summed E-state index contributed by atoms with van der Waals surface area (Å²) in [6.07, 6.45) is 2.62. The van der Waals surface area contributed by atoms with E-state index >= 15 is 0 Å². The Labute approximate surface area is 123 Å². The van der Waals surface area contributed by atoms with Crippen LogP contribution in [-0.2, 0) is 16.0 Å². The topological polar surface area (TPSA) is 66.4 Å². The summed E-state index contributed by atoms with van der Waals surface area (Å²) >= 11 is 1.75. The number of carboxylic acids is 1. The van der Waals surface area contributed by atoms with E-state index in [4.69, 9.17) is 5.11 Å². The van der Waals surface area contributed by atoms with Crippen LogP contribution < -0.4 is 5.32 Å². The van der Waals surface area contributed by atoms with Gasteiger partial charge in [-0.1, -0.05) is 0 Å². The Morgan fingerprint density at radius 3 is 2.65 bits per heavy atom. The summed E-state index contributed by atoms with van der Waals surface area (Å²) in [4.78, 5) is 25.6. The second-order valence-corrected chi connectivity index (χ2v) is 7.04. The molecule has 1 aromatic heterocycles. The number of carboxylic acid groups (broad SMARTS) is 1. The summed E-state index contributed by atoms with van der Waals surface area (Å²) in [6.45, 7) is 4.07. The van der Waals surface area contributed by atoms with E-state index < -0.39 is 5.97 Å². The van der Waals surface area contributed by atoms with Crippen molar-refractivity contribution in [1.29, 1.82) is 0 Å². The Hall–Kier alpha value is -1.36. The third kappa shape index (κ3) is 3.82. The van der Waals surface area contributed by atoms with Gasteiger partial charge in [0.25, 0.3) is 0 Å². The molecule has 0 saturated heterocycles. The van der Waals surface area contributed by atoms with Crippen LogP contribution in [0.2, 0.25) is 0 Å². The fourth-order valence-corrected chi connectivity index (χ4v) is 3.77. The lowest BCUT2D eigenvalue weighted by atomic mass is 10.0. The maximum atomic E-state index is 12.1. The van der Waals surface area contributed by atoms with Crippen molar-refractivity contribution in [3.63, 3.8) is 0 Å². The Morgan fingerprint density at radius 1 is 1.40 bits per heavy atom. The van der Waals surface area contributed by atoms with Gasteiger partial charge in [0.15, 0.2) is 0 Å². The molecule has 1 aliphatic rings. The molecular weight excluding hydrogens is 274 g/mol. The molecule has 2 N–H and O–H groups in total. The summed E-state index contributed by atoms with van der Waals surface area (Å²) in [5.41, 5.74) is 0. The quantitative estimate of drug-likeness (QED) is 0.877. The number of thiophene rings is 1. The van der Waals surface area contributed by atoms with E-state index in [0.29, 0.717) is 19.3 Å². The maximum absolute atomic E-state index is 12.1. The number of carbonyl (C=O) groups is 2. The van der Waals surface area contributed by atoms with Crippen LogP contribution in [0.4, 0.5) is 0 Å². The lowest BCUT2D eigenvalue weighted by molar-refractivity contribution is -0.141. The molecule has 4 nitrogen and oxygen atoms in total. The molecule has 0 aliphatic heterocycles. The van der Waals surface area contributed by atoms with E-state index in [1.54, 1.807) is 11.3 Å². The lowest BCUT2D eigenvalue weighted by Crippen LogP contribution is -2.37. The van der Waals surface area contributed by atoms with E-state index in [-0.39, 0.29) is 23.8 Å². The molecule has 0 aromatic carbocycles. The molecule has 1 aromatic rings. The van der Waals surface area contributed by atoms with Gasteiger partial charge in [0.2, 0.25) is 5.91 Å². The van der Waals surface area contributed by atoms with Gasteiger partial charge in [-0.15, -0.1) is 11.3 Å². The largest absolute Gasteiger partial charge is 0.481 e. The van der Waals surface area contributed by atoms with Gasteiger partial charge in [-0.2, -0.15) is 0 Å². The van der Waals surface area contributed by atoms with Crippen LogP contribution >= 0.6 is 11.3 Å². The second kappa shape index (κ2) is 6.39. The molecule has 2 rings (SSSR count). The lowest BCUT2D eigenvalue weighted by Gasteiger charge is -2.16. The van der Waals surface area contributed by atoms with Crippen molar-refractivity contribution in [1.82, 2.24) is 5.32 Å². The van der Waals surface area contributed by atoms with Gasteiger partial charge < -0.3 is 10.4 Å². The molecule has 1 aliphatic carbocycles. The van der Waals surface area contributed by atoms with Gasteiger partial charge in [-0.3, -0.25) is 9.59 Å². The Balaban J connectivity index is 1.81. The Morgan fingerprint density at radius 2 is 2.10 bits per heavy atom. The van der Waals surface area contributed by atoms with Crippen LogP contribution in [0.3, 0.4) is 0 Å². The molecule has 1 amide bonds. The monoisotopic (exact) mass is 295 g/mol. The number of hydrogen-bond acceptors (Lipinski definition) is 3. The van der Waals surface area contributed by atoms with E-state index in [1.807, 2.05) is 6.92 Å². The zero-order chi connectivity index (χ0) is 14.7. The predicted molar refractivity (Wildman–Crippen MR) is 78.8 cm³/mol. The number of amides is 1.